The molecule has 0 aliphatic heterocycles. The van der Waals surface area contributed by atoms with Gasteiger partial charge in [0.15, 0.2) is 0 Å². The largest absolute Gasteiger partial charge is 0.377 e. The molecule has 0 spiro atoms. The molecular weight excluding hydrogens is 280 g/mol. The summed E-state index contributed by atoms with van der Waals surface area (Å²) in [5, 5.41) is 9.32. The van der Waals surface area contributed by atoms with Crippen LogP contribution < -0.4 is 5.32 Å². The zero-order valence-electron chi connectivity index (χ0n) is 14.1. The summed E-state index contributed by atoms with van der Waals surface area (Å²) in [6, 6.07) is 0.384. The van der Waals surface area contributed by atoms with Gasteiger partial charge in [-0.3, -0.25) is 4.68 Å². The van der Waals surface area contributed by atoms with E-state index in [0.29, 0.717) is 6.04 Å². The van der Waals surface area contributed by atoms with Crippen molar-refractivity contribution in [2.75, 3.05) is 5.32 Å². The molecular formula is C16H26N4S. The molecule has 0 fully saturated rings. The van der Waals surface area contributed by atoms with E-state index in [-0.39, 0.29) is 5.41 Å². The van der Waals surface area contributed by atoms with Crippen molar-refractivity contribution in [1.82, 2.24) is 14.8 Å². The Bertz CT molecular complexity index is 617. The van der Waals surface area contributed by atoms with Crippen LogP contribution >= 0.6 is 11.3 Å². The molecule has 0 radical (unpaired) electrons. The van der Waals surface area contributed by atoms with Gasteiger partial charge in [-0.05, 0) is 27.7 Å². The van der Waals surface area contributed by atoms with Gasteiger partial charge in [0.25, 0.3) is 0 Å². The van der Waals surface area contributed by atoms with E-state index in [9.17, 15) is 0 Å². The van der Waals surface area contributed by atoms with Gasteiger partial charge in [-0.25, -0.2) is 4.98 Å². The summed E-state index contributed by atoms with van der Waals surface area (Å²) < 4.78 is 2.07. The minimum atomic E-state index is 0.122. The van der Waals surface area contributed by atoms with Gasteiger partial charge in [0.05, 0.1) is 28.6 Å². The van der Waals surface area contributed by atoms with E-state index in [2.05, 4.69) is 68.5 Å². The van der Waals surface area contributed by atoms with E-state index in [1.54, 1.807) is 11.3 Å². The third-order valence-corrected chi connectivity index (χ3v) is 4.87. The maximum atomic E-state index is 4.61. The molecule has 2 aromatic heterocycles. The Morgan fingerprint density at radius 2 is 1.95 bits per heavy atom. The predicted molar refractivity (Wildman–Crippen MR) is 90.2 cm³/mol. The lowest BCUT2D eigenvalue weighted by molar-refractivity contribution is 0.516. The second-order valence-corrected chi connectivity index (χ2v) is 7.93. The Balaban J connectivity index is 2.12. The third-order valence-electron chi connectivity index (χ3n) is 3.45. The van der Waals surface area contributed by atoms with Gasteiger partial charge in [-0.2, -0.15) is 5.10 Å². The monoisotopic (exact) mass is 306 g/mol. The fourth-order valence-corrected chi connectivity index (χ4v) is 3.24. The van der Waals surface area contributed by atoms with E-state index >= 15 is 0 Å². The number of hydrogen-bond donors (Lipinski definition) is 1. The van der Waals surface area contributed by atoms with Crippen molar-refractivity contribution >= 4 is 17.0 Å². The molecule has 1 N–H and O–H groups in total. The number of nitrogens with one attached hydrogen (secondary N) is 1. The Hall–Kier alpha value is -1.36. The summed E-state index contributed by atoms with van der Waals surface area (Å²) in [6.07, 6.45) is 1.98. The first-order chi connectivity index (χ1) is 9.70. The number of aromatic nitrogens is 3. The number of thiazole rings is 1. The highest BCUT2D eigenvalue weighted by Gasteiger charge is 2.18. The van der Waals surface area contributed by atoms with Crippen molar-refractivity contribution in [3.8, 4) is 0 Å². The highest BCUT2D eigenvalue weighted by atomic mass is 32.1. The second kappa shape index (κ2) is 5.79. The highest BCUT2D eigenvalue weighted by Crippen LogP contribution is 2.28. The molecule has 2 rings (SSSR count). The number of aryl methyl sites for hydroxylation is 1. The molecule has 21 heavy (non-hydrogen) atoms. The molecule has 0 saturated carbocycles. The van der Waals surface area contributed by atoms with E-state index in [0.717, 1.165) is 17.9 Å². The van der Waals surface area contributed by atoms with Crippen LogP contribution in [0, 0.1) is 13.8 Å². The first-order valence-corrected chi connectivity index (χ1v) is 8.26. The first-order valence-electron chi connectivity index (χ1n) is 7.45. The topological polar surface area (TPSA) is 42.7 Å². The van der Waals surface area contributed by atoms with E-state index in [4.69, 9.17) is 0 Å². The standard InChI is InChI=1S/C16H26N4S/c1-10(2)20-12(4)14(11(3)19-20)17-8-13-9-18-15(21-13)16(5,6)7/h9-10,17H,8H2,1-7H3. The minimum absolute atomic E-state index is 0.122. The van der Waals surface area contributed by atoms with Crippen molar-refractivity contribution in [1.29, 1.82) is 0 Å². The molecule has 116 valence electrons. The van der Waals surface area contributed by atoms with Crippen molar-refractivity contribution in [2.45, 2.75) is 66.5 Å². The lowest BCUT2D eigenvalue weighted by Crippen LogP contribution is -2.09. The first kappa shape index (κ1) is 16.0. The molecule has 0 atom stereocenters. The lowest BCUT2D eigenvalue weighted by atomic mass is 9.98. The maximum Gasteiger partial charge on any atom is 0.0981 e. The smallest absolute Gasteiger partial charge is 0.0981 e. The van der Waals surface area contributed by atoms with E-state index in [1.165, 1.54) is 15.6 Å². The third kappa shape index (κ3) is 3.46. The van der Waals surface area contributed by atoms with Crippen LogP contribution in [0.25, 0.3) is 0 Å². The van der Waals surface area contributed by atoms with Crippen LogP contribution in [0.15, 0.2) is 6.20 Å². The van der Waals surface area contributed by atoms with Crippen LogP contribution in [-0.2, 0) is 12.0 Å². The van der Waals surface area contributed by atoms with Gasteiger partial charge in [0.1, 0.15) is 0 Å². The van der Waals surface area contributed by atoms with E-state index in [1.807, 2.05) is 6.20 Å². The van der Waals surface area contributed by atoms with Crippen LogP contribution in [0.3, 0.4) is 0 Å². The normalized spacial score (nSPS) is 12.2. The van der Waals surface area contributed by atoms with Crippen molar-refractivity contribution in [3.63, 3.8) is 0 Å². The fraction of sp³-hybridized carbons (Fsp3) is 0.625. The molecule has 0 bridgehead atoms. The molecule has 0 saturated heterocycles. The Labute approximate surface area is 131 Å². The summed E-state index contributed by atoms with van der Waals surface area (Å²) >= 11 is 1.78. The number of hydrogen-bond acceptors (Lipinski definition) is 4. The van der Waals surface area contributed by atoms with Gasteiger partial charge in [-0.1, -0.05) is 20.8 Å². The molecule has 2 heterocycles. The van der Waals surface area contributed by atoms with Gasteiger partial charge >= 0.3 is 0 Å². The van der Waals surface area contributed by atoms with Crippen LogP contribution in [0.2, 0.25) is 0 Å². The quantitative estimate of drug-likeness (QED) is 0.907. The van der Waals surface area contributed by atoms with Crippen LogP contribution in [-0.4, -0.2) is 14.8 Å². The number of nitrogens with zero attached hydrogens (tertiary/aromatic N) is 3. The highest BCUT2D eigenvalue weighted by molar-refractivity contribution is 7.11. The maximum absolute atomic E-state index is 4.61. The van der Waals surface area contributed by atoms with Crippen LogP contribution in [0.5, 0.6) is 0 Å². The van der Waals surface area contributed by atoms with Gasteiger partial charge in [0.2, 0.25) is 0 Å². The Kier molecular flexibility index (Phi) is 4.42. The average Bonchev–Trinajstić information content (AvgIpc) is 2.93. The Morgan fingerprint density at radius 1 is 1.29 bits per heavy atom. The van der Waals surface area contributed by atoms with Crippen LogP contribution in [0.1, 0.15) is 61.9 Å². The van der Waals surface area contributed by atoms with Crippen LogP contribution in [0.4, 0.5) is 5.69 Å². The van der Waals surface area contributed by atoms with E-state index < -0.39 is 0 Å². The minimum Gasteiger partial charge on any atom is -0.377 e. The fourth-order valence-electron chi connectivity index (χ4n) is 2.33. The van der Waals surface area contributed by atoms with Crippen molar-refractivity contribution < 1.29 is 0 Å². The van der Waals surface area contributed by atoms with Crippen molar-refractivity contribution in [3.05, 3.63) is 27.5 Å². The molecule has 4 nitrogen and oxygen atoms in total. The molecule has 0 aliphatic carbocycles. The summed E-state index contributed by atoms with van der Waals surface area (Å²) in [4.78, 5) is 5.80. The zero-order chi connectivity index (χ0) is 15.8. The molecule has 2 aromatic rings. The summed E-state index contributed by atoms with van der Waals surface area (Å²) in [5.74, 6) is 0. The van der Waals surface area contributed by atoms with Gasteiger partial charge in [-0.15, -0.1) is 11.3 Å². The summed E-state index contributed by atoms with van der Waals surface area (Å²) in [6.45, 7) is 15.9. The Morgan fingerprint density at radius 3 is 2.43 bits per heavy atom. The number of anilines is 1. The zero-order valence-corrected chi connectivity index (χ0v) is 14.9. The second-order valence-electron chi connectivity index (χ2n) is 6.82. The molecule has 0 aliphatic rings. The summed E-state index contributed by atoms with van der Waals surface area (Å²) in [7, 11) is 0. The number of rotatable bonds is 4. The van der Waals surface area contributed by atoms with Gasteiger partial charge in [0, 0.05) is 22.5 Å². The molecule has 0 aromatic carbocycles. The average molecular weight is 306 g/mol. The molecule has 0 amide bonds. The summed E-state index contributed by atoms with van der Waals surface area (Å²) in [5.41, 5.74) is 3.52. The van der Waals surface area contributed by atoms with Crippen molar-refractivity contribution in [2.24, 2.45) is 0 Å². The lowest BCUT2D eigenvalue weighted by Gasteiger charge is -2.13. The SMILES string of the molecule is Cc1nn(C(C)C)c(C)c1NCc1cnc(C(C)(C)C)s1. The molecule has 0 unspecified atom stereocenters. The predicted octanol–water partition coefficient (Wildman–Crippen LogP) is 4.45. The molecule has 5 heteroatoms. The van der Waals surface area contributed by atoms with Gasteiger partial charge < -0.3 is 5.32 Å².